The van der Waals surface area contributed by atoms with Gasteiger partial charge in [0, 0.05) is 10.0 Å². The van der Waals surface area contributed by atoms with E-state index >= 15 is 0 Å². The summed E-state index contributed by atoms with van der Waals surface area (Å²) in [4.78, 5) is 38.5. The highest BCUT2D eigenvalue weighted by molar-refractivity contribution is 9.10. The van der Waals surface area contributed by atoms with Gasteiger partial charge in [-0.2, -0.15) is 0 Å². The molecule has 1 aliphatic carbocycles. The molecule has 0 fully saturated rings. The highest BCUT2D eigenvalue weighted by atomic mass is 79.9. The zero-order chi connectivity index (χ0) is 24.2. The van der Waals surface area contributed by atoms with Gasteiger partial charge in [0.2, 0.25) is 0 Å². The highest BCUT2D eigenvalue weighted by Crippen LogP contribution is 2.58. The first kappa shape index (κ1) is 24.2. The third-order valence-corrected chi connectivity index (χ3v) is 6.92. The van der Waals surface area contributed by atoms with Crippen molar-refractivity contribution in [1.82, 2.24) is 0 Å². The summed E-state index contributed by atoms with van der Waals surface area (Å²) in [5.41, 5.74) is 1.37. The molecule has 0 bridgehead atoms. The van der Waals surface area contributed by atoms with E-state index in [1.54, 1.807) is 6.92 Å². The number of nitro benzene ring substituents is 1. The van der Waals surface area contributed by atoms with Crippen LogP contribution in [0.1, 0.15) is 50.8 Å². The maximum atomic E-state index is 12.8. The Bertz CT molecular complexity index is 1060. The van der Waals surface area contributed by atoms with Crippen LogP contribution in [-0.2, 0) is 34.6 Å². The molecule has 2 aliphatic rings. The van der Waals surface area contributed by atoms with Crippen LogP contribution in [0.3, 0.4) is 0 Å². The van der Waals surface area contributed by atoms with Crippen LogP contribution in [0.4, 0.5) is 11.4 Å². The molecule has 0 radical (unpaired) electrons. The number of ether oxygens (including phenoxy) is 3. The first-order valence-electron chi connectivity index (χ1n) is 10.1. The van der Waals surface area contributed by atoms with Gasteiger partial charge in [0.05, 0.1) is 42.6 Å². The van der Waals surface area contributed by atoms with Crippen molar-refractivity contribution in [2.24, 2.45) is 0 Å². The lowest BCUT2D eigenvalue weighted by atomic mass is 9.81. The van der Waals surface area contributed by atoms with Crippen molar-refractivity contribution < 1.29 is 28.7 Å². The van der Waals surface area contributed by atoms with Crippen molar-refractivity contribution in [2.45, 2.75) is 51.9 Å². The fourth-order valence-electron chi connectivity index (χ4n) is 5.26. The second kappa shape index (κ2) is 8.15. The molecule has 32 heavy (non-hydrogen) atoms. The van der Waals surface area contributed by atoms with Crippen LogP contribution in [0, 0.1) is 17.0 Å². The molecule has 1 aromatic rings. The van der Waals surface area contributed by atoms with Gasteiger partial charge in [-0.15, -0.1) is 0 Å². The molecule has 0 atom stereocenters. The number of hydrogen-bond acceptors (Lipinski definition) is 8. The van der Waals surface area contributed by atoms with Crippen LogP contribution in [-0.4, -0.2) is 44.4 Å². The minimum Gasteiger partial charge on any atom is -0.466 e. The topological polar surface area (TPSA) is 108 Å². The molecule has 1 heterocycles. The average Bonchev–Trinajstić information content (AvgIpc) is 2.90. The molecule has 3 rings (SSSR count). The number of esters is 2. The van der Waals surface area contributed by atoms with Crippen LogP contribution in [0.25, 0.3) is 0 Å². The van der Waals surface area contributed by atoms with Crippen LogP contribution in [0.5, 0.6) is 0 Å². The minimum absolute atomic E-state index is 0.00295. The normalized spacial score (nSPS) is 18.9. The van der Waals surface area contributed by atoms with Gasteiger partial charge in [0.1, 0.15) is 12.4 Å². The van der Waals surface area contributed by atoms with E-state index in [1.165, 1.54) is 19.1 Å². The Balaban J connectivity index is 2.43. The second-order valence-electron chi connectivity index (χ2n) is 9.30. The largest absolute Gasteiger partial charge is 0.466 e. The Hall–Kier alpha value is -2.46. The molecule has 0 aromatic heterocycles. The monoisotopic (exact) mass is 510 g/mol. The number of carbonyl (C=O) groups is 2. The Morgan fingerprint density at radius 1 is 1.09 bits per heavy atom. The molecular formula is C22H27BrN2O7. The van der Waals surface area contributed by atoms with E-state index in [0.717, 1.165) is 5.56 Å². The van der Waals surface area contributed by atoms with Crippen molar-refractivity contribution >= 4 is 39.2 Å². The van der Waals surface area contributed by atoms with Gasteiger partial charge in [-0.3, -0.25) is 10.1 Å². The van der Waals surface area contributed by atoms with Gasteiger partial charge >= 0.3 is 11.9 Å². The van der Waals surface area contributed by atoms with E-state index in [0.29, 0.717) is 27.7 Å². The van der Waals surface area contributed by atoms with E-state index in [-0.39, 0.29) is 40.6 Å². The summed E-state index contributed by atoms with van der Waals surface area (Å²) in [6.45, 7) is 9.48. The summed E-state index contributed by atoms with van der Waals surface area (Å²) in [5, 5.41) is 12.3. The van der Waals surface area contributed by atoms with E-state index in [2.05, 4.69) is 15.9 Å². The number of benzene rings is 1. The average molecular weight is 511 g/mol. The third kappa shape index (κ3) is 3.59. The quantitative estimate of drug-likeness (QED) is 0.339. The molecular weight excluding hydrogens is 484 g/mol. The summed E-state index contributed by atoms with van der Waals surface area (Å²) in [5.74, 6) is -1.50. The van der Waals surface area contributed by atoms with E-state index in [1.807, 2.05) is 27.7 Å². The van der Waals surface area contributed by atoms with Crippen LogP contribution in [0.2, 0.25) is 0 Å². The fraction of sp³-hybridized carbons (Fsp3) is 0.545. The lowest BCUT2D eigenvalue weighted by Crippen LogP contribution is -2.39. The van der Waals surface area contributed by atoms with E-state index in [9.17, 15) is 19.7 Å². The molecule has 9 nitrogen and oxygen atoms in total. The number of hydrogen-bond donors (Lipinski definition) is 0. The summed E-state index contributed by atoms with van der Waals surface area (Å²) in [6, 6.07) is 0. The van der Waals surface area contributed by atoms with Gasteiger partial charge in [0.25, 0.3) is 5.69 Å². The van der Waals surface area contributed by atoms with Crippen LogP contribution in [0.15, 0.2) is 15.7 Å². The predicted octanol–water partition coefficient (Wildman–Crippen LogP) is 4.02. The number of rotatable bonds is 4. The van der Waals surface area contributed by atoms with Gasteiger partial charge in [0.15, 0.2) is 0 Å². The van der Waals surface area contributed by atoms with E-state index < -0.39 is 17.4 Å². The smallest absolute Gasteiger partial charge is 0.355 e. The Morgan fingerprint density at radius 2 is 1.66 bits per heavy atom. The Labute approximate surface area is 195 Å². The lowest BCUT2D eigenvalue weighted by Gasteiger charge is -2.34. The van der Waals surface area contributed by atoms with Gasteiger partial charge in [-0.25, -0.2) is 9.59 Å². The minimum atomic E-state index is -0.761. The maximum Gasteiger partial charge on any atom is 0.355 e. The zero-order valence-corrected chi connectivity index (χ0v) is 20.8. The number of carbonyl (C=O) groups excluding carboxylic acids is 2. The van der Waals surface area contributed by atoms with Crippen molar-refractivity contribution in [3.05, 3.63) is 42.5 Å². The van der Waals surface area contributed by atoms with Crippen LogP contribution >= 0.6 is 15.9 Å². The number of nitrogens with zero attached hydrogens (tertiary/aromatic N) is 2. The molecule has 0 amide bonds. The second-order valence-corrected chi connectivity index (χ2v) is 10.1. The number of nitro groups is 1. The number of halogens is 1. The summed E-state index contributed by atoms with van der Waals surface area (Å²) in [6.07, 6.45) is 0.710. The molecule has 0 unspecified atom stereocenters. The molecule has 0 saturated carbocycles. The molecule has 1 aromatic carbocycles. The number of anilines is 1. The first-order chi connectivity index (χ1) is 14.8. The number of fused-ring (bicyclic) bond motifs is 1. The van der Waals surface area contributed by atoms with Crippen molar-refractivity contribution in [3.8, 4) is 0 Å². The maximum absolute atomic E-state index is 12.8. The van der Waals surface area contributed by atoms with Gasteiger partial charge in [-0.05, 0) is 45.7 Å². The standard InChI is InChI=1S/C22H27BrN2O7/c1-11-16(25(28)29)14-13(21(2,3)9-22(14,4)5)15(23)17(11)24-10-32-8-12(19(26)30-6)18(24)20(27)31-7/h8-10H2,1-7H3. The molecule has 10 heteroatoms. The van der Waals surface area contributed by atoms with Crippen molar-refractivity contribution in [1.29, 1.82) is 0 Å². The van der Waals surface area contributed by atoms with Crippen molar-refractivity contribution in [3.63, 3.8) is 0 Å². The predicted molar refractivity (Wildman–Crippen MR) is 121 cm³/mol. The summed E-state index contributed by atoms with van der Waals surface area (Å²) in [7, 11) is 2.41. The van der Waals surface area contributed by atoms with Crippen LogP contribution < -0.4 is 4.90 Å². The number of methoxy groups -OCH3 is 2. The summed E-state index contributed by atoms with van der Waals surface area (Å²) < 4.78 is 16.0. The van der Waals surface area contributed by atoms with Gasteiger partial charge < -0.3 is 19.1 Å². The zero-order valence-electron chi connectivity index (χ0n) is 19.3. The lowest BCUT2D eigenvalue weighted by molar-refractivity contribution is -0.386. The summed E-state index contributed by atoms with van der Waals surface area (Å²) >= 11 is 3.69. The Kier molecular flexibility index (Phi) is 6.16. The fourth-order valence-corrected chi connectivity index (χ4v) is 6.50. The highest BCUT2D eigenvalue weighted by Gasteiger charge is 2.50. The SMILES string of the molecule is COC(=O)C1=C(C(=O)OC)N(c2c(C)c([N+](=O)[O-])c3c(c2Br)C(C)(C)CC3(C)C)COC1. The molecule has 0 spiro atoms. The van der Waals surface area contributed by atoms with E-state index in [4.69, 9.17) is 14.2 Å². The molecule has 1 aliphatic heterocycles. The Morgan fingerprint density at radius 3 is 2.19 bits per heavy atom. The van der Waals surface area contributed by atoms with Gasteiger partial charge in [-0.1, -0.05) is 27.7 Å². The molecule has 174 valence electrons. The first-order valence-corrected chi connectivity index (χ1v) is 10.9. The van der Waals surface area contributed by atoms with Crippen molar-refractivity contribution in [2.75, 3.05) is 32.5 Å². The third-order valence-electron chi connectivity index (χ3n) is 6.15. The molecule has 0 N–H and O–H groups in total. The molecule has 0 saturated heterocycles.